The van der Waals surface area contributed by atoms with Crippen LogP contribution in [0.4, 0.5) is 0 Å². The van der Waals surface area contributed by atoms with Crippen LogP contribution >= 0.6 is 0 Å². The molecule has 0 fully saturated rings. The van der Waals surface area contributed by atoms with Crippen molar-refractivity contribution in [2.75, 3.05) is 53.4 Å². The first-order valence-corrected chi connectivity index (χ1v) is 6.64. The standard InChI is InChI=1S/C13H28O4/c1-3-7-15-10-5-11-17-13-6-12-16-9-4-8-14-2/h3-13H2,1-2H3. The van der Waals surface area contributed by atoms with Crippen LogP contribution in [0.1, 0.15) is 32.6 Å². The summed E-state index contributed by atoms with van der Waals surface area (Å²) in [7, 11) is 1.71. The van der Waals surface area contributed by atoms with E-state index in [2.05, 4.69) is 6.92 Å². The van der Waals surface area contributed by atoms with Crippen molar-refractivity contribution in [2.45, 2.75) is 32.6 Å². The van der Waals surface area contributed by atoms with Gasteiger partial charge in [0.15, 0.2) is 0 Å². The Labute approximate surface area is 106 Å². The van der Waals surface area contributed by atoms with Crippen molar-refractivity contribution in [3.05, 3.63) is 0 Å². The Bertz CT molecular complexity index is 117. The Morgan fingerprint density at radius 1 is 0.588 bits per heavy atom. The monoisotopic (exact) mass is 248 g/mol. The molecule has 0 saturated carbocycles. The number of ether oxygens (including phenoxy) is 4. The summed E-state index contributed by atoms with van der Waals surface area (Å²) in [5.74, 6) is 0. The fraction of sp³-hybridized carbons (Fsp3) is 1.00. The van der Waals surface area contributed by atoms with Gasteiger partial charge in [-0.2, -0.15) is 0 Å². The van der Waals surface area contributed by atoms with Gasteiger partial charge in [0.2, 0.25) is 0 Å². The Kier molecular flexibility index (Phi) is 15.7. The SMILES string of the molecule is CCCOCCCOCCCOCCCOC. The molecule has 0 saturated heterocycles. The molecule has 0 amide bonds. The summed E-state index contributed by atoms with van der Waals surface area (Å²) in [4.78, 5) is 0. The molecule has 0 aromatic rings. The molecule has 0 heterocycles. The van der Waals surface area contributed by atoms with Crippen LogP contribution in [0.25, 0.3) is 0 Å². The first-order valence-electron chi connectivity index (χ1n) is 6.64. The van der Waals surface area contributed by atoms with Gasteiger partial charge in [0.1, 0.15) is 0 Å². The van der Waals surface area contributed by atoms with Crippen molar-refractivity contribution in [3.63, 3.8) is 0 Å². The molecular formula is C13H28O4. The van der Waals surface area contributed by atoms with E-state index in [0.29, 0.717) is 0 Å². The molecule has 104 valence electrons. The van der Waals surface area contributed by atoms with Crippen molar-refractivity contribution < 1.29 is 18.9 Å². The summed E-state index contributed by atoms with van der Waals surface area (Å²) in [5, 5.41) is 0. The van der Waals surface area contributed by atoms with E-state index in [1.165, 1.54) is 0 Å². The summed E-state index contributed by atoms with van der Waals surface area (Å²) in [6.07, 6.45) is 3.99. The maximum Gasteiger partial charge on any atom is 0.0488 e. The van der Waals surface area contributed by atoms with E-state index < -0.39 is 0 Å². The second-order valence-electron chi connectivity index (χ2n) is 3.89. The lowest BCUT2D eigenvalue weighted by atomic mass is 10.4. The first-order chi connectivity index (χ1) is 8.41. The van der Waals surface area contributed by atoms with E-state index >= 15 is 0 Å². The Hall–Kier alpha value is -0.160. The molecule has 0 aliphatic heterocycles. The van der Waals surface area contributed by atoms with Gasteiger partial charge in [-0.15, -0.1) is 0 Å². The molecule has 0 spiro atoms. The summed E-state index contributed by atoms with van der Waals surface area (Å²) in [6.45, 7) is 7.66. The van der Waals surface area contributed by atoms with E-state index in [1.807, 2.05) is 0 Å². The quantitative estimate of drug-likeness (QED) is 0.442. The van der Waals surface area contributed by atoms with Crippen LogP contribution < -0.4 is 0 Å². The van der Waals surface area contributed by atoms with E-state index in [1.54, 1.807) is 7.11 Å². The Morgan fingerprint density at radius 3 is 1.41 bits per heavy atom. The van der Waals surface area contributed by atoms with Gasteiger partial charge in [-0.1, -0.05) is 6.92 Å². The van der Waals surface area contributed by atoms with Crippen molar-refractivity contribution in [3.8, 4) is 0 Å². The normalized spacial score (nSPS) is 10.9. The van der Waals surface area contributed by atoms with Gasteiger partial charge < -0.3 is 18.9 Å². The lowest BCUT2D eigenvalue weighted by Gasteiger charge is -2.06. The average Bonchev–Trinajstić information content (AvgIpc) is 2.35. The molecule has 0 rings (SSSR count). The first kappa shape index (κ1) is 16.8. The minimum absolute atomic E-state index is 0.772. The van der Waals surface area contributed by atoms with E-state index in [9.17, 15) is 0 Å². The molecular weight excluding hydrogens is 220 g/mol. The molecule has 0 aromatic carbocycles. The predicted octanol–water partition coefficient (Wildman–Crippen LogP) is 2.26. The predicted molar refractivity (Wildman–Crippen MR) is 68.5 cm³/mol. The molecule has 0 aromatic heterocycles. The molecule has 0 atom stereocenters. The van der Waals surface area contributed by atoms with Crippen molar-refractivity contribution in [1.29, 1.82) is 0 Å². The Balaban J connectivity index is 2.85. The molecule has 0 N–H and O–H groups in total. The van der Waals surface area contributed by atoms with Crippen LogP contribution in [0.5, 0.6) is 0 Å². The van der Waals surface area contributed by atoms with Gasteiger partial charge >= 0.3 is 0 Å². The van der Waals surface area contributed by atoms with Crippen LogP contribution in [0, 0.1) is 0 Å². The van der Waals surface area contributed by atoms with E-state index in [-0.39, 0.29) is 0 Å². The van der Waals surface area contributed by atoms with Gasteiger partial charge in [-0.05, 0) is 25.7 Å². The second kappa shape index (κ2) is 15.8. The van der Waals surface area contributed by atoms with Gasteiger partial charge in [0.05, 0.1) is 0 Å². The van der Waals surface area contributed by atoms with Crippen molar-refractivity contribution >= 4 is 0 Å². The third-order valence-electron chi connectivity index (χ3n) is 2.14. The largest absolute Gasteiger partial charge is 0.385 e. The third-order valence-corrected chi connectivity index (χ3v) is 2.14. The molecule has 0 aliphatic carbocycles. The zero-order chi connectivity index (χ0) is 12.6. The van der Waals surface area contributed by atoms with Gasteiger partial charge in [0, 0.05) is 53.4 Å². The van der Waals surface area contributed by atoms with Crippen molar-refractivity contribution in [1.82, 2.24) is 0 Å². The summed E-state index contributed by atoms with van der Waals surface area (Å²) >= 11 is 0. The van der Waals surface area contributed by atoms with E-state index in [0.717, 1.165) is 71.9 Å². The summed E-state index contributed by atoms with van der Waals surface area (Å²) in [5.41, 5.74) is 0. The lowest BCUT2D eigenvalue weighted by Crippen LogP contribution is -2.06. The smallest absolute Gasteiger partial charge is 0.0488 e. The maximum atomic E-state index is 5.46. The molecule has 4 heteroatoms. The zero-order valence-electron chi connectivity index (χ0n) is 11.4. The Morgan fingerprint density at radius 2 is 1.00 bits per heavy atom. The van der Waals surface area contributed by atoms with Crippen LogP contribution in [-0.4, -0.2) is 53.4 Å². The van der Waals surface area contributed by atoms with Gasteiger partial charge in [0.25, 0.3) is 0 Å². The number of rotatable bonds is 14. The minimum atomic E-state index is 0.772. The second-order valence-corrected chi connectivity index (χ2v) is 3.89. The average molecular weight is 248 g/mol. The van der Waals surface area contributed by atoms with Crippen molar-refractivity contribution in [2.24, 2.45) is 0 Å². The fourth-order valence-electron chi connectivity index (χ4n) is 1.28. The van der Waals surface area contributed by atoms with Crippen LogP contribution in [0.3, 0.4) is 0 Å². The molecule has 0 aliphatic rings. The van der Waals surface area contributed by atoms with Gasteiger partial charge in [-0.3, -0.25) is 0 Å². The highest BCUT2D eigenvalue weighted by Crippen LogP contribution is 1.91. The zero-order valence-corrected chi connectivity index (χ0v) is 11.4. The highest BCUT2D eigenvalue weighted by Gasteiger charge is 1.92. The molecule has 0 radical (unpaired) electrons. The molecule has 4 nitrogen and oxygen atoms in total. The lowest BCUT2D eigenvalue weighted by molar-refractivity contribution is 0.0584. The molecule has 17 heavy (non-hydrogen) atoms. The highest BCUT2D eigenvalue weighted by molar-refractivity contribution is 4.39. The van der Waals surface area contributed by atoms with Crippen LogP contribution in [-0.2, 0) is 18.9 Å². The number of methoxy groups -OCH3 is 1. The highest BCUT2D eigenvalue weighted by atomic mass is 16.5. The van der Waals surface area contributed by atoms with Crippen LogP contribution in [0.2, 0.25) is 0 Å². The summed E-state index contributed by atoms with van der Waals surface area (Å²) < 4.78 is 21.1. The van der Waals surface area contributed by atoms with Crippen LogP contribution in [0.15, 0.2) is 0 Å². The minimum Gasteiger partial charge on any atom is -0.385 e. The molecule has 0 unspecified atom stereocenters. The summed E-state index contributed by atoms with van der Waals surface area (Å²) in [6, 6.07) is 0. The molecule has 0 bridgehead atoms. The third kappa shape index (κ3) is 15.8. The van der Waals surface area contributed by atoms with E-state index in [4.69, 9.17) is 18.9 Å². The maximum absolute atomic E-state index is 5.46. The number of hydrogen-bond acceptors (Lipinski definition) is 4. The van der Waals surface area contributed by atoms with Gasteiger partial charge in [-0.25, -0.2) is 0 Å². The fourth-order valence-corrected chi connectivity index (χ4v) is 1.28. The number of hydrogen-bond donors (Lipinski definition) is 0. The topological polar surface area (TPSA) is 36.9 Å².